The fourth-order valence-corrected chi connectivity index (χ4v) is 2.73. The van der Waals surface area contributed by atoms with Gasteiger partial charge in [-0.3, -0.25) is 0 Å². The van der Waals surface area contributed by atoms with Gasteiger partial charge in [0.05, 0.1) is 0 Å². The Hall–Kier alpha value is -0.0400. The molecule has 1 heteroatoms. The molecule has 1 N–H and O–H groups in total. The summed E-state index contributed by atoms with van der Waals surface area (Å²) in [6.45, 7) is 9.27. The SMILES string of the molecule is CCC1(CC)CCC(CC)(CC)N1. The average Bonchev–Trinajstić information content (AvgIpc) is 2.59. The van der Waals surface area contributed by atoms with Crippen molar-refractivity contribution in [2.45, 2.75) is 77.3 Å². The predicted octanol–water partition coefficient (Wildman–Crippen LogP) is 3.49. The summed E-state index contributed by atoms with van der Waals surface area (Å²) in [6.07, 6.45) is 7.89. The minimum absolute atomic E-state index is 0.464. The molecule has 1 aliphatic rings. The van der Waals surface area contributed by atoms with Crippen LogP contribution in [0.3, 0.4) is 0 Å². The van der Waals surface area contributed by atoms with E-state index in [0.717, 1.165) is 0 Å². The molecule has 1 nitrogen and oxygen atoms in total. The molecule has 0 spiro atoms. The van der Waals surface area contributed by atoms with Gasteiger partial charge in [0, 0.05) is 11.1 Å². The minimum atomic E-state index is 0.464. The Labute approximate surface area is 83.3 Å². The summed E-state index contributed by atoms with van der Waals surface area (Å²) in [6, 6.07) is 0. The monoisotopic (exact) mass is 183 g/mol. The van der Waals surface area contributed by atoms with Crippen LogP contribution in [-0.4, -0.2) is 11.1 Å². The molecule has 0 unspecified atom stereocenters. The molecule has 0 aromatic rings. The predicted molar refractivity (Wildman–Crippen MR) is 59.0 cm³/mol. The van der Waals surface area contributed by atoms with Crippen LogP contribution in [0.5, 0.6) is 0 Å². The molecule has 0 aromatic carbocycles. The highest BCUT2D eigenvalue weighted by Gasteiger charge is 2.42. The van der Waals surface area contributed by atoms with Crippen molar-refractivity contribution in [3.63, 3.8) is 0 Å². The van der Waals surface area contributed by atoms with Gasteiger partial charge in [0.25, 0.3) is 0 Å². The fourth-order valence-electron chi connectivity index (χ4n) is 2.73. The van der Waals surface area contributed by atoms with E-state index in [1.807, 2.05) is 0 Å². The van der Waals surface area contributed by atoms with Gasteiger partial charge in [0.15, 0.2) is 0 Å². The summed E-state index contributed by atoms with van der Waals surface area (Å²) in [4.78, 5) is 0. The molecule has 0 atom stereocenters. The van der Waals surface area contributed by atoms with Gasteiger partial charge in [-0.1, -0.05) is 27.7 Å². The van der Waals surface area contributed by atoms with Crippen LogP contribution in [0.1, 0.15) is 66.2 Å². The number of hydrogen-bond acceptors (Lipinski definition) is 1. The van der Waals surface area contributed by atoms with E-state index in [0.29, 0.717) is 11.1 Å². The van der Waals surface area contributed by atoms with Crippen LogP contribution in [0.4, 0.5) is 0 Å². The van der Waals surface area contributed by atoms with Gasteiger partial charge in [-0.2, -0.15) is 0 Å². The Morgan fingerprint density at radius 2 is 1.08 bits per heavy atom. The number of nitrogens with one attached hydrogen (secondary N) is 1. The number of rotatable bonds is 4. The summed E-state index contributed by atoms with van der Waals surface area (Å²) in [5, 5.41) is 3.92. The summed E-state index contributed by atoms with van der Waals surface area (Å²) in [7, 11) is 0. The van der Waals surface area contributed by atoms with Gasteiger partial charge in [0.2, 0.25) is 0 Å². The molecule has 1 aliphatic heterocycles. The Morgan fingerprint density at radius 1 is 0.769 bits per heavy atom. The van der Waals surface area contributed by atoms with Gasteiger partial charge in [0.1, 0.15) is 0 Å². The normalized spacial score (nSPS) is 24.9. The molecule has 1 fully saturated rings. The Morgan fingerprint density at radius 3 is 1.23 bits per heavy atom. The molecular weight excluding hydrogens is 158 g/mol. The van der Waals surface area contributed by atoms with Gasteiger partial charge < -0.3 is 5.32 Å². The first kappa shape index (κ1) is 11.0. The van der Waals surface area contributed by atoms with Crippen molar-refractivity contribution in [3.05, 3.63) is 0 Å². The molecule has 0 saturated carbocycles. The molecule has 0 bridgehead atoms. The van der Waals surface area contributed by atoms with Gasteiger partial charge in [-0.25, -0.2) is 0 Å². The first-order chi connectivity index (χ1) is 6.16. The van der Waals surface area contributed by atoms with Gasteiger partial charge in [-0.05, 0) is 38.5 Å². The second-order valence-electron chi connectivity index (χ2n) is 4.60. The molecule has 1 rings (SSSR count). The lowest BCUT2D eigenvalue weighted by atomic mass is 9.90. The van der Waals surface area contributed by atoms with Crippen LogP contribution in [0.15, 0.2) is 0 Å². The smallest absolute Gasteiger partial charge is 0.0182 e. The van der Waals surface area contributed by atoms with E-state index in [9.17, 15) is 0 Å². The second-order valence-corrected chi connectivity index (χ2v) is 4.60. The van der Waals surface area contributed by atoms with Crippen LogP contribution in [0, 0.1) is 0 Å². The largest absolute Gasteiger partial charge is 0.306 e. The van der Waals surface area contributed by atoms with E-state index in [1.54, 1.807) is 0 Å². The molecule has 13 heavy (non-hydrogen) atoms. The highest BCUT2D eigenvalue weighted by molar-refractivity contribution is 5.03. The number of hydrogen-bond donors (Lipinski definition) is 1. The molecule has 1 heterocycles. The summed E-state index contributed by atoms with van der Waals surface area (Å²) in [5.74, 6) is 0. The van der Waals surface area contributed by atoms with E-state index in [2.05, 4.69) is 33.0 Å². The summed E-state index contributed by atoms with van der Waals surface area (Å²) >= 11 is 0. The Bertz CT molecular complexity index is 137. The average molecular weight is 183 g/mol. The van der Waals surface area contributed by atoms with Crippen LogP contribution in [0.2, 0.25) is 0 Å². The van der Waals surface area contributed by atoms with Crippen molar-refractivity contribution in [2.24, 2.45) is 0 Å². The van der Waals surface area contributed by atoms with Gasteiger partial charge >= 0.3 is 0 Å². The van der Waals surface area contributed by atoms with Crippen molar-refractivity contribution in [2.75, 3.05) is 0 Å². The van der Waals surface area contributed by atoms with Crippen LogP contribution in [-0.2, 0) is 0 Å². The maximum absolute atomic E-state index is 3.92. The molecule has 0 amide bonds. The van der Waals surface area contributed by atoms with Crippen molar-refractivity contribution in [3.8, 4) is 0 Å². The molecular formula is C12H25N. The highest BCUT2D eigenvalue weighted by Crippen LogP contribution is 2.38. The van der Waals surface area contributed by atoms with Crippen molar-refractivity contribution >= 4 is 0 Å². The Balaban J connectivity index is 2.69. The fraction of sp³-hybridized carbons (Fsp3) is 1.00. The molecule has 0 aromatic heterocycles. The maximum Gasteiger partial charge on any atom is 0.0182 e. The van der Waals surface area contributed by atoms with E-state index >= 15 is 0 Å². The lowest BCUT2D eigenvalue weighted by Gasteiger charge is -2.34. The Kier molecular flexibility index (Phi) is 3.39. The molecule has 78 valence electrons. The third-order valence-electron chi connectivity index (χ3n) is 4.32. The van der Waals surface area contributed by atoms with E-state index < -0.39 is 0 Å². The summed E-state index contributed by atoms with van der Waals surface area (Å²) < 4.78 is 0. The molecule has 0 radical (unpaired) electrons. The zero-order chi connectivity index (χ0) is 9.95. The van der Waals surface area contributed by atoms with Crippen molar-refractivity contribution < 1.29 is 0 Å². The lowest BCUT2D eigenvalue weighted by molar-refractivity contribution is 0.263. The maximum atomic E-state index is 3.92. The van der Waals surface area contributed by atoms with E-state index in [4.69, 9.17) is 0 Å². The zero-order valence-electron chi connectivity index (χ0n) is 9.74. The van der Waals surface area contributed by atoms with Crippen LogP contribution in [0.25, 0.3) is 0 Å². The van der Waals surface area contributed by atoms with Crippen LogP contribution < -0.4 is 5.32 Å². The molecule has 1 saturated heterocycles. The van der Waals surface area contributed by atoms with E-state index in [1.165, 1.54) is 38.5 Å². The minimum Gasteiger partial charge on any atom is -0.306 e. The topological polar surface area (TPSA) is 12.0 Å². The third-order valence-corrected chi connectivity index (χ3v) is 4.32. The van der Waals surface area contributed by atoms with Crippen molar-refractivity contribution in [1.82, 2.24) is 5.32 Å². The van der Waals surface area contributed by atoms with Crippen molar-refractivity contribution in [1.29, 1.82) is 0 Å². The van der Waals surface area contributed by atoms with Gasteiger partial charge in [-0.15, -0.1) is 0 Å². The second kappa shape index (κ2) is 4.00. The van der Waals surface area contributed by atoms with E-state index in [-0.39, 0.29) is 0 Å². The van der Waals surface area contributed by atoms with Crippen LogP contribution >= 0.6 is 0 Å². The standard InChI is InChI=1S/C12H25N/c1-5-11(6-2)9-10-12(7-3,8-4)13-11/h13H,5-10H2,1-4H3. The lowest BCUT2D eigenvalue weighted by Crippen LogP contribution is -2.49. The zero-order valence-corrected chi connectivity index (χ0v) is 9.74. The first-order valence-electron chi connectivity index (χ1n) is 5.95. The first-order valence-corrected chi connectivity index (χ1v) is 5.95. The third kappa shape index (κ3) is 1.90. The molecule has 0 aliphatic carbocycles. The summed E-state index contributed by atoms with van der Waals surface area (Å²) in [5.41, 5.74) is 0.929. The quantitative estimate of drug-likeness (QED) is 0.703. The highest BCUT2D eigenvalue weighted by atomic mass is 15.1.